The van der Waals surface area contributed by atoms with E-state index in [0.717, 1.165) is 23.9 Å². The maximum atomic E-state index is 11.1. The van der Waals surface area contributed by atoms with E-state index in [-0.39, 0.29) is 11.9 Å². The third-order valence-electron chi connectivity index (χ3n) is 1.83. The number of hydrogen-bond donors (Lipinski definition) is 2. The van der Waals surface area contributed by atoms with Crippen molar-refractivity contribution in [1.82, 2.24) is 10.8 Å². The normalized spacial score (nSPS) is 28.2. The van der Waals surface area contributed by atoms with E-state index in [1.165, 1.54) is 0 Å². The highest BCUT2D eigenvalue weighted by Crippen LogP contribution is 2.11. The van der Waals surface area contributed by atoms with Crippen LogP contribution in [0.2, 0.25) is 0 Å². The van der Waals surface area contributed by atoms with E-state index in [1.54, 1.807) is 11.8 Å². The molecule has 0 spiro atoms. The van der Waals surface area contributed by atoms with Gasteiger partial charge in [0.1, 0.15) is 12.6 Å². The summed E-state index contributed by atoms with van der Waals surface area (Å²) >= 11 is 1.66. The first-order valence-corrected chi connectivity index (χ1v) is 5.20. The fraction of sp³-hybridized carbons (Fsp3) is 0.714. The van der Waals surface area contributed by atoms with Gasteiger partial charge in [-0.3, -0.25) is 14.6 Å². The first-order valence-electron chi connectivity index (χ1n) is 4.22. The molecule has 0 aromatic rings. The molecule has 1 amide bonds. The molecule has 72 valence electrons. The van der Waals surface area contributed by atoms with Gasteiger partial charge in [0.25, 0.3) is 5.91 Å². The maximum Gasteiger partial charge on any atom is 0.268 e. The smallest absolute Gasteiger partial charge is 0.268 e. The lowest BCUT2D eigenvalue weighted by Crippen LogP contribution is -2.41. The molecule has 6 heteroatoms. The monoisotopic (exact) mass is 201 g/mol. The number of carbonyl (C=O) groups excluding carboxylic acids is 1. The van der Waals surface area contributed by atoms with E-state index in [4.69, 9.17) is 4.84 Å². The lowest BCUT2D eigenvalue weighted by molar-refractivity contribution is -0.124. The molecule has 1 saturated heterocycles. The second kappa shape index (κ2) is 3.97. The number of rotatable bonds is 1. The standard InChI is InChI=1S/C7H11N3O2S/c11-6-5(4-12-10-6)9-7-8-2-1-3-13-7/h5H,1-4H2,(H,8,9)(H,10,11). The van der Waals surface area contributed by atoms with Gasteiger partial charge in [0.15, 0.2) is 5.17 Å². The molecule has 1 atom stereocenters. The summed E-state index contributed by atoms with van der Waals surface area (Å²) in [6.07, 6.45) is 1.11. The van der Waals surface area contributed by atoms with Crippen LogP contribution in [0.3, 0.4) is 0 Å². The Morgan fingerprint density at radius 2 is 2.62 bits per heavy atom. The number of hydrogen-bond acceptors (Lipinski definition) is 5. The van der Waals surface area contributed by atoms with Gasteiger partial charge in [-0.2, -0.15) is 0 Å². The minimum absolute atomic E-state index is 0.117. The van der Waals surface area contributed by atoms with Crippen LogP contribution in [0.1, 0.15) is 6.42 Å². The SMILES string of the molecule is O=C1NOCC1NC1=NCCCS1. The second-order valence-corrected chi connectivity index (χ2v) is 3.95. The largest absolute Gasteiger partial charge is 0.351 e. The lowest BCUT2D eigenvalue weighted by Gasteiger charge is -2.15. The molecule has 0 radical (unpaired) electrons. The van der Waals surface area contributed by atoms with Gasteiger partial charge in [0, 0.05) is 12.3 Å². The van der Waals surface area contributed by atoms with Crippen molar-refractivity contribution < 1.29 is 9.63 Å². The average molecular weight is 201 g/mol. The highest BCUT2D eigenvalue weighted by Gasteiger charge is 2.26. The number of nitrogens with zero attached hydrogens (tertiary/aromatic N) is 1. The molecule has 2 aliphatic rings. The predicted octanol–water partition coefficient (Wildman–Crippen LogP) is -0.501. The van der Waals surface area contributed by atoms with Crippen LogP contribution < -0.4 is 10.8 Å². The number of nitrogens with one attached hydrogen (secondary N) is 2. The van der Waals surface area contributed by atoms with Crippen molar-refractivity contribution in [2.45, 2.75) is 12.5 Å². The molecule has 2 heterocycles. The highest BCUT2D eigenvalue weighted by molar-refractivity contribution is 8.13. The Balaban J connectivity index is 1.89. The Hall–Kier alpha value is -0.750. The molecule has 1 fully saturated rings. The molecule has 0 bridgehead atoms. The van der Waals surface area contributed by atoms with Crippen molar-refractivity contribution >= 4 is 22.8 Å². The third kappa shape index (κ3) is 2.13. The van der Waals surface area contributed by atoms with Gasteiger partial charge in [-0.25, -0.2) is 5.48 Å². The summed E-state index contributed by atoms with van der Waals surface area (Å²) in [4.78, 5) is 20.1. The molecule has 0 aliphatic carbocycles. The van der Waals surface area contributed by atoms with Crippen molar-refractivity contribution in [3.8, 4) is 0 Å². The zero-order valence-electron chi connectivity index (χ0n) is 7.08. The summed E-state index contributed by atoms with van der Waals surface area (Å²) in [6, 6.07) is -0.274. The predicted molar refractivity (Wildman–Crippen MR) is 50.4 cm³/mol. The quantitative estimate of drug-likeness (QED) is 0.600. The molecular formula is C7H11N3O2S. The van der Waals surface area contributed by atoms with E-state index < -0.39 is 0 Å². The fourth-order valence-corrected chi connectivity index (χ4v) is 2.02. The van der Waals surface area contributed by atoms with Gasteiger partial charge in [0.2, 0.25) is 0 Å². The van der Waals surface area contributed by atoms with Crippen LogP contribution in [0, 0.1) is 0 Å². The van der Waals surface area contributed by atoms with Crippen LogP contribution in [0.25, 0.3) is 0 Å². The summed E-state index contributed by atoms with van der Waals surface area (Å²) < 4.78 is 0. The minimum Gasteiger partial charge on any atom is -0.351 e. The van der Waals surface area contributed by atoms with Crippen LogP contribution in [0.15, 0.2) is 4.99 Å². The number of carbonyl (C=O) groups is 1. The van der Waals surface area contributed by atoms with Crippen molar-refractivity contribution in [2.75, 3.05) is 18.9 Å². The van der Waals surface area contributed by atoms with Crippen molar-refractivity contribution in [2.24, 2.45) is 4.99 Å². The first kappa shape index (κ1) is 8.83. The molecule has 1 unspecified atom stereocenters. The van der Waals surface area contributed by atoms with Gasteiger partial charge in [-0.05, 0) is 6.42 Å². The van der Waals surface area contributed by atoms with E-state index >= 15 is 0 Å². The van der Waals surface area contributed by atoms with Gasteiger partial charge < -0.3 is 5.32 Å². The third-order valence-corrected chi connectivity index (χ3v) is 2.85. The Bertz CT molecular complexity index is 244. The Morgan fingerprint density at radius 1 is 1.69 bits per heavy atom. The zero-order chi connectivity index (χ0) is 9.10. The number of aliphatic imine (C=N–C) groups is 1. The maximum absolute atomic E-state index is 11.1. The van der Waals surface area contributed by atoms with Crippen LogP contribution in [-0.4, -0.2) is 36.0 Å². The molecule has 13 heavy (non-hydrogen) atoms. The summed E-state index contributed by atoms with van der Waals surface area (Å²) in [6.45, 7) is 1.23. The van der Waals surface area contributed by atoms with E-state index in [2.05, 4.69) is 15.8 Å². The van der Waals surface area contributed by atoms with Crippen molar-refractivity contribution in [3.63, 3.8) is 0 Å². The van der Waals surface area contributed by atoms with Gasteiger partial charge in [0.05, 0.1) is 0 Å². The topological polar surface area (TPSA) is 62.7 Å². The van der Waals surface area contributed by atoms with Crippen LogP contribution in [-0.2, 0) is 9.63 Å². The second-order valence-electron chi connectivity index (χ2n) is 2.86. The zero-order valence-corrected chi connectivity index (χ0v) is 7.89. The lowest BCUT2D eigenvalue weighted by atomic mass is 10.3. The van der Waals surface area contributed by atoms with E-state index in [1.807, 2.05) is 0 Å². The summed E-state index contributed by atoms with van der Waals surface area (Å²) in [5.41, 5.74) is 2.29. The number of thioether (sulfide) groups is 1. The highest BCUT2D eigenvalue weighted by atomic mass is 32.2. The molecule has 5 nitrogen and oxygen atoms in total. The Kier molecular flexibility index (Phi) is 2.70. The van der Waals surface area contributed by atoms with Gasteiger partial charge in [-0.1, -0.05) is 11.8 Å². The minimum atomic E-state index is -0.274. The molecule has 0 aromatic carbocycles. The van der Waals surface area contributed by atoms with Crippen molar-refractivity contribution in [3.05, 3.63) is 0 Å². The molecular weight excluding hydrogens is 190 g/mol. The van der Waals surface area contributed by atoms with Crippen LogP contribution in [0.5, 0.6) is 0 Å². The summed E-state index contributed by atoms with van der Waals surface area (Å²) in [5, 5.41) is 3.90. The molecule has 2 N–H and O–H groups in total. The van der Waals surface area contributed by atoms with Crippen LogP contribution in [0.4, 0.5) is 0 Å². The van der Waals surface area contributed by atoms with E-state index in [9.17, 15) is 4.79 Å². The number of amidine groups is 1. The van der Waals surface area contributed by atoms with Gasteiger partial charge in [-0.15, -0.1) is 0 Å². The first-order chi connectivity index (χ1) is 6.36. The summed E-state index contributed by atoms with van der Waals surface area (Å²) in [5.74, 6) is 0.954. The number of amides is 1. The van der Waals surface area contributed by atoms with Gasteiger partial charge >= 0.3 is 0 Å². The van der Waals surface area contributed by atoms with E-state index in [0.29, 0.717) is 6.61 Å². The molecule has 2 aliphatic heterocycles. The van der Waals surface area contributed by atoms with Crippen molar-refractivity contribution in [1.29, 1.82) is 0 Å². The average Bonchev–Trinajstić information content (AvgIpc) is 2.54. The Morgan fingerprint density at radius 3 is 3.23 bits per heavy atom. The fourth-order valence-electron chi connectivity index (χ4n) is 1.15. The Labute approximate surface area is 80.3 Å². The molecule has 0 saturated carbocycles. The molecule has 2 rings (SSSR count). The van der Waals surface area contributed by atoms with Crippen LogP contribution >= 0.6 is 11.8 Å². The number of hydroxylamine groups is 1. The summed E-state index contributed by atoms with van der Waals surface area (Å²) in [7, 11) is 0. The molecule has 0 aromatic heterocycles.